The van der Waals surface area contributed by atoms with E-state index in [4.69, 9.17) is 12.2 Å². The van der Waals surface area contributed by atoms with Crippen LogP contribution in [-0.2, 0) is 17.8 Å². The van der Waals surface area contributed by atoms with Crippen LogP contribution in [0.1, 0.15) is 25.0 Å². The number of carbonyl (C=O) groups excluding carboxylic acids is 1. The predicted molar refractivity (Wildman–Crippen MR) is 127 cm³/mol. The number of thioether (sulfide) groups is 1. The van der Waals surface area contributed by atoms with Crippen molar-refractivity contribution in [2.45, 2.75) is 26.8 Å². The SMILES string of the molecule is CC(C)Cn1cc(C=C2SC(=S)N(CCc3ccccc3)C2=O)c2ccccc21. The van der Waals surface area contributed by atoms with Crippen LogP contribution in [0.15, 0.2) is 65.7 Å². The zero-order valence-electron chi connectivity index (χ0n) is 16.7. The van der Waals surface area contributed by atoms with Crippen molar-refractivity contribution >= 4 is 51.2 Å². The number of benzene rings is 2. The molecule has 0 spiro atoms. The molecule has 0 aliphatic carbocycles. The maximum Gasteiger partial charge on any atom is 0.266 e. The van der Waals surface area contributed by atoms with Crippen LogP contribution in [0.5, 0.6) is 0 Å². The normalized spacial score (nSPS) is 16.0. The highest BCUT2D eigenvalue weighted by atomic mass is 32.2. The molecule has 1 amide bonds. The van der Waals surface area contributed by atoms with Gasteiger partial charge in [-0.2, -0.15) is 0 Å². The second-order valence-corrected chi connectivity index (χ2v) is 9.39. The van der Waals surface area contributed by atoms with Crippen LogP contribution in [0.3, 0.4) is 0 Å². The molecule has 1 fully saturated rings. The lowest BCUT2D eigenvalue weighted by atomic mass is 10.1. The zero-order valence-corrected chi connectivity index (χ0v) is 18.3. The van der Waals surface area contributed by atoms with Gasteiger partial charge in [-0.3, -0.25) is 9.69 Å². The molecular weight excluding hydrogens is 396 g/mol. The summed E-state index contributed by atoms with van der Waals surface area (Å²) < 4.78 is 2.92. The average Bonchev–Trinajstić information content (AvgIpc) is 3.18. The summed E-state index contributed by atoms with van der Waals surface area (Å²) in [5, 5.41) is 1.17. The van der Waals surface area contributed by atoms with E-state index >= 15 is 0 Å². The highest BCUT2D eigenvalue weighted by molar-refractivity contribution is 8.26. The van der Waals surface area contributed by atoms with Gasteiger partial charge in [0.15, 0.2) is 0 Å². The third-order valence-electron chi connectivity index (χ3n) is 5.01. The molecule has 2 aromatic carbocycles. The molecule has 0 bridgehead atoms. The van der Waals surface area contributed by atoms with Crippen molar-refractivity contribution in [1.82, 2.24) is 9.47 Å². The highest BCUT2D eigenvalue weighted by Crippen LogP contribution is 2.34. The van der Waals surface area contributed by atoms with Crippen molar-refractivity contribution in [2.75, 3.05) is 6.54 Å². The molecule has 1 aromatic heterocycles. The van der Waals surface area contributed by atoms with Crippen molar-refractivity contribution in [3.63, 3.8) is 0 Å². The Kier molecular flexibility index (Phi) is 5.88. The molecule has 4 rings (SSSR count). The molecule has 0 saturated carbocycles. The van der Waals surface area contributed by atoms with E-state index in [0.717, 1.165) is 18.5 Å². The zero-order chi connectivity index (χ0) is 20.4. The summed E-state index contributed by atoms with van der Waals surface area (Å²) in [6.45, 7) is 5.99. The third kappa shape index (κ3) is 4.31. The van der Waals surface area contributed by atoms with E-state index in [9.17, 15) is 4.79 Å². The van der Waals surface area contributed by atoms with E-state index in [1.165, 1.54) is 28.2 Å². The van der Waals surface area contributed by atoms with Crippen molar-refractivity contribution in [3.05, 3.63) is 76.8 Å². The molecule has 1 saturated heterocycles. The van der Waals surface area contributed by atoms with Crippen LogP contribution in [0.4, 0.5) is 0 Å². The van der Waals surface area contributed by atoms with Crippen molar-refractivity contribution < 1.29 is 4.79 Å². The summed E-state index contributed by atoms with van der Waals surface area (Å²) in [5.41, 5.74) is 3.49. The lowest BCUT2D eigenvalue weighted by Crippen LogP contribution is -2.30. The standard InChI is InChI=1S/C24H24N2OS2/c1-17(2)15-25-16-19(20-10-6-7-11-21(20)25)14-22-23(27)26(24(28)29-22)13-12-18-8-4-3-5-9-18/h3-11,14,16-17H,12-13,15H2,1-2H3. The minimum absolute atomic E-state index is 0.0108. The number of fused-ring (bicyclic) bond motifs is 1. The first-order chi connectivity index (χ1) is 14.0. The van der Waals surface area contributed by atoms with Gasteiger partial charge in [0.2, 0.25) is 0 Å². The number of hydrogen-bond donors (Lipinski definition) is 0. The summed E-state index contributed by atoms with van der Waals surface area (Å²) in [6, 6.07) is 18.6. The van der Waals surface area contributed by atoms with Gasteiger partial charge in [0.25, 0.3) is 5.91 Å². The lowest BCUT2D eigenvalue weighted by Gasteiger charge is -2.14. The second-order valence-electron chi connectivity index (χ2n) is 7.72. The van der Waals surface area contributed by atoms with Crippen LogP contribution < -0.4 is 0 Å². The van der Waals surface area contributed by atoms with E-state index in [1.54, 1.807) is 4.90 Å². The Hall–Kier alpha value is -2.37. The molecule has 0 N–H and O–H groups in total. The second kappa shape index (κ2) is 8.56. The molecule has 0 atom stereocenters. The van der Waals surface area contributed by atoms with Crippen LogP contribution in [0.25, 0.3) is 17.0 Å². The summed E-state index contributed by atoms with van der Waals surface area (Å²) in [4.78, 5) is 15.4. The quantitative estimate of drug-likeness (QED) is 0.375. The number of rotatable bonds is 6. The molecule has 29 heavy (non-hydrogen) atoms. The van der Waals surface area contributed by atoms with Crippen LogP contribution in [0.2, 0.25) is 0 Å². The fourth-order valence-electron chi connectivity index (χ4n) is 3.65. The minimum atomic E-state index is 0.0108. The predicted octanol–water partition coefficient (Wildman–Crippen LogP) is 5.74. The Balaban J connectivity index is 1.59. The largest absolute Gasteiger partial charge is 0.347 e. The Morgan fingerprint density at radius 1 is 1.07 bits per heavy atom. The Labute approximate surface area is 181 Å². The molecular formula is C24H24N2OS2. The number of para-hydroxylation sites is 1. The van der Waals surface area contributed by atoms with Gasteiger partial charge < -0.3 is 4.57 Å². The molecule has 148 valence electrons. The molecule has 3 aromatic rings. The highest BCUT2D eigenvalue weighted by Gasteiger charge is 2.31. The molecule has 5 heteroatoms. The van der Waals surface area contributed by atoms with Gasteiger partial charge in [-0.1, -0.05) is 86.4 Å². The topological polar surface area (TPSA) is 25.2 Å². The van der Waals surface area contributed by atoms with Crippen LogP contribution in [-0.4, -0.2) is 26.2 Å². The maximum atomic E-state index is 13.0. The first kappa shape index (κ1) is 19.9. The van der Waals surface area contributed by atoms with Gasteiger partial charge in [0, 0.05) is 35.8 Å². The van der Waals surface area contributed by atoms with Gasteiger partial charge >= 0.3 is 0 Å². The van der Waals surface area contributed by atoms with Gasteiger partial charge in [0.1, 0.15) is 4.32 Å². The van der Waals surface area contributed by atoms with E-state index in [0.29, 0.717) is 21.7 Å². The summed E-state index contributed by atoms with van der Waals surface area (Å²) in [5.74, 6) is 0.562. The minimum Gasteiger partial charge on any atom is -0.347 e. The first-order valence-corrected chi connectivity index (χ1v) is 11.1. The molecule has 1 aliphatic heterocycles. The number of amides is 1. The third-order valence-corrected chi connectivity index (χ3v) is 6.39. The van der Waals surface area contributed by atoms with Crippen LogP contribution in [0, 0.1) is 5.92 Å². The molecule has 0 unspecified atom stereocenters. The number of aromatic nitrogens is 1. The van der Waals surface area contributed by atoms with Gasteiger partial charge in [0.05, 0.1) is 4.91 Å². The Bertz CT molecular complexity index is 1080. The first-order valence-electron chi connectivity index (χ1n) is 9.90. The van der Waals surface area contributed by atoms with Crippen LogP contribution >= 0.6 is 24.0 Å². The van der Waals surface area contributed by atoms with Crippen molar-refractivity contribution in [1.29, 1.82) is 0 Å². The van der Waals surface area contributed by atoms with E-state index in [1.807, 2.05) is 30.3 Å². The van der Waals surface area contributed by atoms with Gasteiger partial charge in [-0.15, -0.1) is 0 Å². The van der Waals surface area contributed by atoms with Crippen molar-refractivity contribution in [3.8, 4) is 0 Å². The Morgan fingerprint density at radius 2 is 1.79 bits per heavy atom. The number of thiocarbonyl (C=S) groups is 1. The number of nitrogens with zero attached hydrogens (tertiary/aromatic N) is 2. The molecule has 3 nitrogen and oxygen atoms in total. The summed E-state index contributed by atoms with van der Waals surface area (Å²) >= 11 is 6.91. The Morgan fingerprint density at radius 3 is 2.55 bits per heavy atom. The molecule has 1 aliphatic rings. The monoisotopic (exact) mass is 420 g/mol. The number of carbonyl (C=O) groups is 1. The number of hydrogen-bond acceptors (Lipinski definition) is 3. The van der Waals surface area contributed by atoms with E-state index in [-0.39, 0.29) is 5.91 Å². The fraction of sp³-hybridized carbons (Fsp3) is 0.250. The van der Waals surface area contributed by atoms with Gasteiger partial charge in [-0.05, 0) is 30.0 Å². The summed E-state index contributed by atoms with van der Waals surface area (Å²) in [7, 11) is 0. The smallest absolute Gasteiger partial charge is 0.266 e. The lowest BCUT2D eigenvalue weighted by molar-refractivity contribution is -0.122. The average molecular weight is 421 g/mol. The fourth-order valence-corrected chi connectivity index (χ4v) is 4.95. The molecule has 0 radical (unpaired) electrons. The van der Waals surface area contributed by atoms with Crippen molar-refractivity contribution in [2.24, 2.45) is 5.92 Å². The van der Waals surface area contributed by atoms with Gasteiger partial charge in [-0.25, -0.2) is 0 Å². The maximum absolute atomic E-state index is 13.0. The van der Waals surface area contributed by atoms with E-state index < -0.39 is 0 Å². The summed E-state index contributed by atoms with van der Waals surface area (Å²) in [6.07, 6.45) is 4.95. The van der Waals surface area contributed by atoms with E-state index in [2.05, 4.69) is 54.9 Å². The molecule has 2 heterocycles.